The van der Waals surface area contributed by atoms with Crippen LogP contribution in [0.1, 0.15) is 32.6 Å². The number of rotatable bonds is 6. The third-order valence-electron chi connectivity index (χ3n) is 2.93. The number of hydrogen-bond donors (Lipinski definition) is 2. The molecule has 13 heavy (non-hydrogen) atoms. The fourth-order valence-electron chi connectivity index (χ4n) is 1.80. The van der Waals surface area contributed by atoms with Gasteiger partial charge in [0.05, 0.1) is 0 Å². The van der Waals surface area contributed by atoms with Gasteiger partial charge in [-0.3, -0.25) is 0 Å². The normalized spacial score (nSPS) is 20.5. The van der Waals surface area contributed by atoms with Crippen molar-refractivity contribution in [3.8, 4) is 0 Å². The van der Waals surface area contributed by atoms with E-state index in [1.54, 1.807) is 0 Å². The maximum atomic E-state index is 5.72. The molecule has 76 valence electrons. The van der Waals surface area contributed by atoms with E-state index in [1.807, 2.05) is 0 Å². The van der Waals surface area contributed by atoms with Crippen LogP contribution in [0.4, 0.5) is 0 Å². The third-order valence-corrected chi connectivity index (χ3v) is 2.93. The maximum absolute atomic E-state index is 5.72. The van der Waals surface area contributed by atoms with Crippen molar-refractivity contribution in [1.82, 2.24) is 5.32 Å². The Balaban J connectivity index is 2.08. The molecule has 2 heteroatoms. The molecule has 0 heterocycles. The predicted molar refractivity (Wildman–Crippen MR) is 57.6 cm³/mol. The van der Waals surface area contributed by atoms with Gasteiger partial charge in [0.1, 0.15) is 0 Å². The molecule has 1 aliphatic carbocycles. The van der Waals surface area contributed by atoms with Crippen molar-refractivity contribution in [2.24, 2.45) is 11.7 Å². The van der Waals surface area contributed by atoms with Gasteiger partial charge in [-0.2, -0.15) is 0 Å². The monoisotopic (exact) mass is 182 g/mol. The van der Waals surface area contributed by atoms with Gasteiger partial charge in [-0.1, -0.05) is 18.6 Å². The van der Waals surface area contributed by atoms with Gasteiger partial charge in [-0.15, -0.1) is 0 Å². The van der Waals surface area contributed by atoms with Crippen molar-refractivity contribution in [3.63, 3.8) is 0 Å². The van der Waals surface area contributed by atoms with Crippen LogP contribution in [0.5, 0.6) is 0 Å². The van der Waals surface area contributed by atoms with Gasteiger partial charge in [0.25, 0.3) is 0 Å². The molecule has 3 N–H and O–H groups in total. The van der Waals surface area contributed by atoms with Crippen molar-refractivity contribution in [3.05, 3.63) is 12.2 Å². The second-order valence-corrected chi connectivity index (χ2v) is 3.85. The van der Waals surface area contributed by atoms with Crippen LogP contribution in [0.2, 0.25) is 0 Å². The molecule has 1 rings (SSSR count). The van der Waals surface area contributed by atoms with Crippen LogP contribution in [0.3, 0.4) is 0 Å². The van der Waals surface area contributed by atoms with E-state index in [0.717, 1.165) is 25.4 Å². The van der Waals surface area contributed by atoms with Crippen molar-refractivity contribution in [2.75, 3.05) is 13.1 Å². The molecular formula is C11H22N2. The van der Waals surface area contributed by atoms with Gasteiger partial charge in [-0.25, -0.2) is 0 Å². The minimum atomic E-state index is 0.569. The van der Waals surface area contributed by atoms with Gasteiger partial charge in [0.2, 0.25) is 0 Å². The quantitative estimate of drug-likeness (QED) is 0.484. The zero-order valence-corrected chi connectivity index (χ0v) is 8.63. The summed E-state index contributed by atoms with van der Waals surface area (Å²) in [5.41, 5.74) is 5.72. The van der Waals surface area contributed by atoms with E-state index in [1.165, 1.54) is 19.3 Å². The highest BCUT2D eigenvalue weighted by molar-refractivity contribution is 4.85. The second-order valence-electron chi connectivity index (χ2n) is 3.85. The summed E-state index contributed by atoms with van der Waals surface area (Å²) < 4.78 is 0. The van der Waals surface area contributed by atoms with Crippen molar-refractivity contribution >= 4 is 0 Å². The summed E-state index contributed by atoms with van der Waals surface area (Å²) >= 11 is 0. The summed E-state index contributed by atoms with van der Waals surface area (Å²) in [5.74, 6) is 0.857. The Hall–Kier alpha value is -0.340. The lowest BCUT2D eigenvalue weighted by Crippen LogP contribution is -2.45. The lowest BCUT2D eigenvalue weighted by atomic mass is 9.79. The van der Waals surface area contributed by atoms with E-state index in [4.69, 9.17) is 5.73 Å². The Kier molecular flexibility index (Phi) is 5.09. The Morgan fingerprint density at radius 1 is 1.54 bits per heavy atom. The standard InChI is InChI=1S/C11H22N2/c1-2-3-4-8-13-11(9-12)10-6-5-7-10/h2-3,10-11,13H,4-9,12H2,1H3/b3-2+. The zero-order chi connectivity index (χ0) is 9.52. The van der Waals surface area contributed by atoms with Gasteiger partial charge < -0.3 is 11.1 Å². The maximum Gasteiger partial charge on any atom is 0.0218 e. The number of nitrogens with one attached hydrogen (secondary N) is 1. The summed E-state index contributed by atoms with van der Waals surface area (Å²) in [5, 5.41) is 3.53. The van der Waals surface area contributed by atoms with Gasteiger partial charge >= 0.3 is 0 Å². The highest BCUT2D eigenvalue weighted by Crippen LogP contribution is 2.29. The van der Waals surface area contributed by atoms with Crippen LogP contribution in [0, 0.1) is 5.92 Å². The lowest BCUT2D eigenvalue weighted by molar-refractivity contribution is 0.234. The number of hydrogen-bond acceptors (Lipinski definition) is 2. The molecule has 1 atom stereocenters. The fourth-order valence-corrected chi connectivity index (χ4v) is 1.80. The first kappa shape index (κ1) is 10.7. The van der Waals surface area contributed by atoms with Gasteiger partial charge in [0, 0.05) is 12.6 Å². The third kappa shape index (κ3) is 3.49. The summed E-state index contributed by atoms with van der Waals surface area (Å²) in [6.07, 6.45) is 9.57. The molecule has 0 aromatic rings. The van der Waals surface area contributed by atoms with Crippen LogP contribution < -0.4 is 11.1 Å². The minimum absolute atomic E-state index is 0.569. The minimum Gasteiger partial charge on any atom is -0.329 e. The summed E-state index contributed by atoms with van der Waals surface area (Å²) in [6, 6.07) is 0.569. The van der Waals surface area contributed by atoms with E-state index >= 15 is 0 Å². The van der Waals surface area contributed by atoms with E-state index in [0.29, 0.717) is 6.04 Å². The van der Waals surface area contributed by atoms with Crippen LogP contribution in [0.25, 0.3) is 0 Å². The highest BCUT2D eigenvalue weighted by Gasteiger charge is 2.25. The van der Waals surface area contributed by atoms with E-state index in [2.05, 4.69) is 24.4 Å². The van der Waals surface area contributed by atoms with E-state index in [-0.39, 0.29) is 0 Å². The largest absolute Gasteiger partial charge is 0.329 e. The topological polar surface area (TPSA) is 38.0 Å². The first-order valence-corrected chi connectivity index (χ1v) is 5.43. The molecular weight excluding hydrogens is 160 g/mol. The second kappa shape index (κ2) is 6.17. The molecule has 0 aliphatic heterocycles. The average Bonchev–Trinajstić information content (AvgIpc) is 2.07. The summed E-state index contributed by atoms with van der Waals surface area (Å²) in [4.78, 5) is 0. The first-order valence-electron chi connectivity index (χ1n) is 5.43. The van der Waals surface area contributed by atoms with E-state index in [9.17, 15) is 0 Å². The SMILES string of the molecule is C/C=C/CCNC(CN)C1CCC1. The predicted octanol–water partition coefficient (Wildman–Crippen LogP) is 1.67. The molecule has 0 amide bonds. The molecule has 1 fully saturated rings. The van der Waals surface area contributed by atoms with Crippen LogP contribution in [0.15, 0.2) is 12.2 Å². The molecule has 1 unspecified atom stereocenters. The summed E-state index contributed by atoms with van der Waals surface area (Å²) in [6.45, 7) is 3.93. The Labute approximate surface area is 81.6 Å². The lowest BCUT2D eigenvalue weighted by Gasteiger charge is -2.33. The molecule has 0 saturated heterocycles. The summed E-state index contributed by atoms with van der Waals surface area (Å²) in [7, 11) is 0. The van der Waals surface area contributed by atoms with Crippen LogP contribution in [-0.2, 0) is 0 Å². The molecule has 0 aromatic heterocycles. The zero-order valence-electron chi connectivity index (χ0n) is 8.63. The van der Waals surface area contributed by atoms with Gasteiger partial charge in [-0.05, 0) is 38.6 Å². The fraction of sp³-hybridized carbons (Fsp3) is 0.818. The molecule has 0 aromatic carbocycles. The van der Waals surface area contributed by atoms with Gasteiger partial charge in [0.15, 0.2) is 0 Å². The van der Waals surface area contributed by atoms with Crippen LogP contribution >= 0.6 is 0 Å². The molecule has 0 bridgehead atoms. The first-order chi connectivity index (χ1) is 6.38. The van der Waals surface area contributed by atoms with Crippen molar-refractivity contribution in [1.29, 1.82) is 0 Å². The van der Waals surface area contributed by atoms with Crippen molar-refractivity contribution < 1.29 is 0 Å². The highest BCUT2D eigenvalue weighted by atomic mass is 14.9. The Bertz CT molecular complexity index is 150. The molecule has 0 radical (unpaired) electrons. The Morgan fingerprint density at radius 2 is 2.31 bits per heavy atom. The van der Waals surface area contributed by atoms with E-state index < -0.39 is 0 Å². The number of nitrogens with two attached hydrogens (primary N) is 1. The number of allylic oxidation sites excluding steroid dienone is 1. The molecule has 0 spiro atoms. The molecule has 1 saturated carbocycles. The molecule has 1 aliphatic rings. The van der Waals surface area contributed by atoms with Crippen LogP contribution in [-0.4, -0.2) is 19.1 Å². The average molecular weight is 182 g/mol. The Morgan fingerprint density at radius 3 is 2.77 bits per heavy atom. The van der Waals surface area contributed by atoms with Crippen molar-refractivity contribution in [2.45, 2.75) is 38.6 Å². The molecule has 2 nitrogen and oxygen atoms in total. The smallest absolute Gasteiger partial charge is 0.0218 e.